The summed E-state index contributed by atoms with van der Waals surface area (Å²) in [5.41, 5.74) is 2.25. The minimum absolute atomic E-state index is 0.307. The maximum atomic E-state index is 5.47. The van der Waals surface area contributed by atoms with E-state index >= 15 is 0 Å². The topological polar surface area (TPSA) is 43.4 Å². The molecule has 19 heavy (non-hydrogen) atoms. The summed E-state index contributed by atoms with van der Waals surface area (Å²) in [6, 6.07) is 7.99. The molecule has 0 saturated heterocycles. The third-order valence-corrected chi connectivity index (χ3v) is 3.32. The molecule has 1 aliphatic heterocycles. The molecule has 3 rings (SSSR count). The van der Waals surface area contributed by atoms with Crippen LogP contribution < -0.4 is 14.8 Å². The number of nitrogens with one attached hydrogen (secondary N) is 1. The summed E-state index contributed by atoms with van der Waals surface area (Å²) in [7, 11) is 0. The number of fused-ring (bicyclic) bond motifs is 1. The average molecular weight is 321 g/mol. The van der Waals surface area contributed by atoms with Crippen molar-refractivity contribution in [1.82, 2.24) is 10.3 Å². The van der Waals surface area contributed by atoms with E-state index in [1.54, 1.807) is 6.20 Å². The number of benzene rings is 1. The van der Waals surface area contributed by atoms with Crippen LogP contribution in [0.15, 0.2) is 41.1 Å². The number of aromatic nitrogens is 1. The van der Waals surface area contributed by atoms with Crippen molar-refractivity contribution in [2.24, 2.45) is 0 Å². The smallest absolute Gasteiger partial charge is 0.231 e. The molecule has 0 unspecified atom stereocenters. The number of ether oxygens (including phenoxy) is 2. The van der Waals surface area contributed by atoms with Gasteiger partial charge in [-0.3, -0.25) is 4.98 Å². The van der Waals surface area contributed by atoms with Gasteiger partial charge in [0, 0.05) is 35.5 Å². The number of rotatable bonds is 4. The Morgan fingerprint density at radius 3 is 3.05 bits per heavy atom. The van der Waals surface area contributed by atoms with Crippen LogP contribution in [-0.4, -0.2) is 11.8 Å². The van der Waals surface area contributed by atoms with Crippen LogP contribution in [0.25, 0.3) is 0 Å². The number of halogens is 1. The number of hydrogen-bond acceptors (Lipinski definition) is 4. The predicted octanol–water partition coefficient (Wildman–Crippen LogP) is 2.86. The van der Waals surface area contributed by atoms with E-state index in [9.17, 15) is 0 Å². The largest absolute Gasteiger partial charge is 0.454 e. The number of nitrogens with zero attached hydrogens (tertiary/aromatic N) is 1. The molecule has 5 heteroatoms. The molecule has 1 N–H and O–H groups in total. The van der Waals surface area contributed by atoms with Crippen LogP contribution in [0, 0.1) is 0 Å². The fourth-order valence-corrected chi connectivity index (χ4v) is 2.44. The first-order valence-corrected chi connectivity index (χ1v) is 6.80. The van der Waals surface area contributed by atoms with Gasteiger partial charge in [-0.1, -0.05) is 12.1 Å². The zero-order valence-corrected chi connectivity index (χ0v) is 11.8. The van der Waals surface area contributed by atoms with Crippen molar-refractivity contribution in [2.75, 3.05) is 6.79 Å². The van der Waals surface area contributed by atoms with Crippen molar-refractivity contribution in [3.63, 3.8) is 0 Å². The first-order chi connectivity index (χ1) is 9.33. The van der Waals surface area contributed by atoms with E-state index in [0.29, 0.717) is 6.79 Å². The van der Waals surface area contributed by atoms with Gasteiger partial charge in [0.15, 0.2) is 11.5 Å². The molecule has 0 saturated carbocycles. The second kappa shape index (κ2) is 5.59. The van der Waals surface area contributed by atoms with Gasteiger partial charge < -0.3 is 14.8 Å². The van der Waals surface area contributed by atoms with E-state index in [1.165, 1.54) is 0 Å². The molecule has 1 aromatic carbocycles. The van der Waals surface area contributed by atoms with Gasteiger partial charge in [0.05, 0.1) is 0 Å². The minimum atomic E-state index is 0.307. The van der Waals surface area contributed by atoms with Crippen LogP contribution in [-0.2, 0) is 13.1 Å². The first kappa shape index (κ1) is 12.4. The number of hydrogen-bond donors (Lipinski definition) is 1. The van der Waals surface area contributed by atoms with Crippen LogP contribution in [0.3, 0.4) is 0 Å². The van der Waals surface area contributed by atoms with Crippen molar-refractivity contribution in [3.05, 3.63) is 52.3 Å². The summed E-state index contributed by atoms with van der Waals surface area (Å²) in [6.45, 7) is 1.80. The van der Waals surface area contributed by atoms with E-state index in [0.717, 1.165) is 40.2 Å². The van der Waals surface area contributed by atoms with Crippen molar-refractivity contribution in [3.8, 4) is 11.5 Å². The van der Waals surface area contributed by atoms with Gasteiger partial charge in [-0.2, -0.15) is 0 Å². The fourth-order valence-electron chi connectivity index (χ4n) is 2.02. The predicted molar refractivity (Wildman–Crippen MR) is 75.0 cm³/mol. The van der Waals surface area contributed by atoms with E-state index in [1.807, 2.05) is 24.4 Å². The van der Waals surface area contributed by atoms with Crippen molar-refractivity contribution < 1.29 is 9.47 Å². The van der Waals surface area contributed by atoms with Gasteiger partial charge in [0.2, 0.25) is 6.79 Å². The summed E-state index contributed by atoms with van der Waals surface area (Å²) in [4.78, 5) is 4.14. The van der Waals surface area contributed by atoms with Crippen LogP contribution in [0.5, 0.6) is 11.5 Å². The molecular weight excluding hydrogens is 308 g/mol. The molecule has 0 amide bonds. The zero-order valence-electron chi connectivity index (χ0n) is 10.2. The van der Waals surface area contributed by atoms with Crippen molar-refractivity contribution in [2.45, 2.75) is 13.1 Å². The summed E-state index contributed by atoms with van der Waals surface area (Å²) < 4.78 is 11.8. The van der Waals surface area contributed by atoms with E-state index in [-0.39, 0.29) is 0 Å². The van der Waals surface area contributed by atoms with Gasteiger partial charge in [-0.15, -0.1) is 0 Å². The monoisotopic (exact) mass is 320 g/mol. The molecule has 4 nitrogen and oxygen atoms in total. The molecule has 0 radical (unpaired) electrons. The molecule has 0 atom stereocenters. The van der Waals surface area contributed by atoms with Crippen LogP contribution in [0.2, 0.25) is 0 Å². The molecule has 2 aromatic rings. The summed E-state index contributed by atoms with van der Waals surface area (Å²) in [5, 5.41) is 3.38. The zero-order chi connectivity index (χ0) is 13.1. The lowest BCUT2D eigenvalue weighted by Gasteiger charge is -2.07. The number of para-hydroxylation sites is 1. The number of pyridine rings is 1. The second-order valence-corrected chi connectivity index (χ2v) is 5.18. The fraction of sp³-hybridized carbons (Fsp3) is 0.214. The molecule has 0 bridgehead atoms. The highest BCUT2D eigenvalue weighted by molar-refractivity contribution is 9.10. The Hall–Kier alpha value is -1.59. The molecule has 98 valence electrons. The highest BCUT2D eigenvalue weighted by Crippen LogP contribution is 2.35. The third-order valence-electron chi connectivity index (χ3n) is 2.88. The second-order valence-electron chi connectivity index (χ2n) is 4.27. The van der Waals surface area contributed by atoms with E-state index in [4.69, 9.17) is 9.47 Å². The lowest BCUT2D eigenvalue weighted by atomic mass is 10.2. The van der Waals surface area contributed by atoms with Crippen LogP contribution in [0.1, 0.15) is 11.1 Å². The lowest BCUT2D eigenvalue weighted by Crippen LogP contribution is -2.13. The highest BCUT2D eigenvalue weighted by Gasteiger charge is 2.16. The molecular formula is C14H13BrN2O2. The lowest BCUT2D eigenvalue weighted by molar-refractivity contribution is 0.173. The quantitative estimate of drug-likeness (QED) is 0.940. The Balaban J connectivity index is 1.63. The maximum Gasteiger partial charge on any atom is 0.231 e. The van der Waals surface area contributed by atoms with Gasteiger partial charge in [0.1, 0.15) is 0 Å². The van der Waals surface area contributed by atoms with Crippen molar-refractivity contribution >= 4 is 15.9 Å². The Morgan fingerprint density at radius 1 is 1.21 bits per heavy atom. The van der Waals surface area contributed by atoms with Gasteiger partial charge in [0.25, 0.3) is 0 Å². The molecule has 2 heterocycles. The maximum absolute atomic E-state index is 5.47. The third kappa shape index (κ3) is 2.88. The molecule has 0 fully saturated rings. The van der Waals surface area contributed by atoms with Gasteiger partial charge in [-0.25, -0.2) is 0 Å². The average Bonchev–Trinajstić information content (AvgIpc) is 2.88. The van der Waals surface area contributed by atoms with Crippen molar-refractivity contribution in [1.29, 1.82) is 0 Å². The molecule has 1 aliphatic rings. The normalized spacial score (nSPS) is 12.7. The SMILES string of the molecule is Brc1cncc(CNCc2cccc3c2OCO3)c1. The van der Waals surface area contributed by atoms with Gasteiger partial charge in [-0.05, 0) is 33.6 Å². The summed E-state index contributed by atoms with van der Waals surface area (Å²) >= 11 is 3.41. The van der Waals surface area contributed by atoms with Crippen LogP contribution >= 0.6 is 15.9 Å². The Kier molecular flexibility index (Phi) is 3.66. The standard InChI is InChI=1S/C14H13BrN2O2/c15-12-4-10(6-17-8-12)5-16-7-11-2-1-3-13-14(11)19-9-18-13/h1-4,6,8,16H,5,7,9H2. The Morgan fingerprint density at radius 2 is 2.16 bits per heavy atom. The summed E-state index contributed by atoms with van der Waals surface area (Å²) in [5.74, 6) is 1.67. The first-order valence-electron chi connectivity index (χ1n) is 6.00. The minimum Gasteiger partial charge on any atom is -0.454 e. The van der Waals surface area contributed by atoms with E-state index < -0.39 is 0 Å². The van der Waals surface area contributed by atoms with Gasteiger partial charge >= 0.3 is 0 Å². The molecule has 0 aliphatic carbocycles. The van der Waals surface area contributed by atoms with Crippen LogP contribution in [0.4, 0.5) is 0 Å². The highest BCUT2D eigenvalue weighted by atomic mass is 79.9. The molecule has 1 aromatic heterocycles. The molecule has 0 spiro atoms. The summed E-state index contributed by atoms with van der Waals surface area (Å²) in [6.07, 6.45) is 3.63. The Bertz CT molecular complexity index is 589. The Labute approximate surface area is 119 Å². The van der Waals surface area contributed by atoms with E-state index in [2.05, 4.69) is 32.3 Å².